The lowest BCUT2D eigenvalue weighted by atomic mass is 10.1. The van der Waals surface area contributed by atoms with Gasteiger partial charge < -0.3 is 4.74 Å². The maximum Gasteiger partial charge on any atom is 0.0869 e. The first kappa shape index (κ1) is 16.2. The molecule has 2 rings (SSSR count). The van der Waals surface area contributed by atoms with Crippen LogP contribution in [0.1, 0.15) is 30.1 Å². The molecule has 2 aromatic carbocycles. The molecular formula is C19H21IO. The number of rotatable bonds is 8. The number of hydrogen-bond acceptors (Lipinski definition) is 1. The smallest absolute Gasteiger partial charge is 0.0869 e. The third kappa shape index (κ3) is 5.29. The SMILES string of the molecule is C=CCC(OCCCc1ccccc1)c1ccccc1I. The summed E-state index contributed by atoms with van der Waals surface area (Å²) in [5.74, 6) is 0. The highest BCUT2D eigenvalue weighted by Gasteiger charge is 2.12. The Morgan fingerprint density at radius 2 is 1.76 bits per heavy atom. The van der Waals surface area contributed by atoms with Crippen molar-refractivity contribution in [2.45, 2.75) is 25.4 Å². The van der Waals surface area contributed by atoms with E-state index in [-0.39, 0.29) is 6.10 Å². The molecule has 2 aromatic rings. The lowest BCUT2D eigenvalue weighted by Crippen LogP contribution is -2.07. The van der Waals surface area contributed by atoms with E-state index in [1.54, 1.807) is 0 Å². The van der Waals surface area contributed by atoms with Gasteiger partial charge in [0.25, 0.3) is 0 Å². The summed E-state index contributed by atoms with van der Waals surface area (Å²) in [6.07, 6.45) is 5.01. The first-order chi connectivity index (χ1) is 10.3. The second kappa shape index (κ2) is 9.00. The highest BCUT2D eigenvalue weighted by atomic mass is 127. The van der Waals surface area contributed by atoms with Gasteiger partial charge in [0, 0.05) is 10.2 Å². The molecule has 0 saturated carbocycles. The van der Waals surface area contributed by atoms with E-state index in [1.807, 2.05) is 6.08 Å². The average molecular weight is 392 g/mol. The van der Waals surface area contributed by atoms with Crippen LogP contribution in [0.25, 0.3) is 0 Å². The van der Waals surface area contributed by atoms with Crippen LogP contribution in [0.15, 0.2) is 67.3 Å². The van der Waals surface area contributed by atoms with Crippen LogP contribution in [0.2, 0.25) is 0 Å². The van der Waals surface area contributed by atoms with Crippen molar-refractivity contribution in [2.75, 3.05) is 6.61 Å². The number of halogens is 1. The molecule has 0 aromatic heterocycles. The van der Waals surface area contributed by atoms with E-state index in [1.165, 1.54) is 14.7 Å². The molecule has 0 bridgehead atoms. The van der Waals surface area contributed by atoms with Crippen molar-refractivity contribution in [3.63, 3.8) is 0 Å². The van der Waals surface area contributed by atoms with E-state index in [0.29, 0.717) is 0 Å². The van der Waals surface area contributed by atoms with E-state index in [0.717, 1.165) is 25.9 Å². The van der Waals surface area contributed by atoms with Crippen LogP contribution in [0.4, 0.5) is 0 Å². The Bertz CT molecular complexity index is 551. The van der Waals surface area contributed by atoms with Crippen LogP contribution >= 0.6 is 22.6 Å². The van der Waals surface area contributed by atoms with Gasteiger partial charge in [-0.05, 0) is 59.0 Å². The molecule has 0 spiro atoms. The Morgan fingerprint density at radius 3 is 2.48 bits per heavy atom. The molecular weight excluding hydrogens is 371 g/mol. The van der Waals surface area contributed by atoms with Gasteiger partial charge in [0.15, 0.2) is 0 Å². The molecule has 1 atom stereocenters. The van der Waals surface area contributed by atoms with Crippen molar-refractivity contribution >= 4 is 22.6 Å². The molecule has 1 unspecified atom stereocenters. The topological polar surface area (TPSA) is 9.23 Å². The standard InChI is InChI=1S/C19H21IO/c1-2-9-19(17-13-6-7-14-18(17)20)21-15-8-12-16-10-4-3-5-11-16/h2-7,10-11,13-14,19H,1,8-9,12,15H2. The normalized spacial score (nSPS) is 12.0. The molecule has 0 heterocycles. The molecule has 0 N–H and O–H groups in total. The van der Waals surface area contributed by atoms with Crippen molar-refractivity contribution < 1.29 is 4.74 Å². The third-order valence-corrected chi connectivity index (χ3v) is 4.39. The zero-order chi connectivity index (χ0) is 14.9. The van der Waals surface area contributed by atoms with E-state index in [4.69, 9.17) is 4.74 Å². The summed E-state index contributed by atoms with van der Waals surface area (Å²) in [5.41, 5.74) is 2.63. The Kier molecular flexibility index (Phi) is 6.96. The fraction of sp³-hybridized carbons (Fsp3) is 0.263. The second-order valence-electron chi connectivity index (χ2n) is 4.99. The maximum atomic E-state index is 6.10. The van der Waals surface area contributed by atoms with Gasteiger partial charge in [-0.15, -0.1) is 6.58 Å². The molecule has 0 fully saturated rings. The molecule has 21 heavy (non-hydrogen) atoms. The van der Waals surface area contributed by atoms with Gasteiger partial charge >= 0.3 is 0 Å². The predicted octanol–water partition coefficient (Wildman–Crippen LogP) is 5.56. The monoisotopic (exact) mass is 392 g/mol. The van der Waals surface area contributed by atoms with Gasteiger partial charge in [-0.3, -0.25) is 0 Å². The quantitative estimate of drug-likeness (QED) is 0.325. The first-order valence-electron chi connectivity index (χ1n) is 7.32. The van der Waals surface area contributed by atoms with Gasteiger partial charge in [-0.2, -0.15) is 0 Å². The lowest BCUT2D eigenvalue weighted by Gasteiger charge is -2.18. The third-order valence-electron chi connectivity index (χ3n) is 3.40. The Hall–Kier alpha value is -1.13. The summed E-state index contributed by atoms with van der Waals surface area (Å²) < 4.78 is 7.35. The van der Waals surface area contributed by atoms with Crippen LogP contribution in [0.5, 0.6) is 0 Å². The zero-order valence-corrected chi connectivity index (χ0v) is 14.3. The fourth-order valence-corrected chi connectivity index (χ4v) is 3.05. The molecule has 0 amide bonds. The Balaban J connectivity index is 1.86. The molecule has 0 aliphatic heterocycles. The number of aryl methyl sites for hydroxylation is 1. The van der Waals surface area contributed by atoms with Gasteiger partial charge in [0.2, 0.25) is 0 Å². The number of ether oxygens (including phenoxy) is 1. The van der Waals surface area contributed by atoms with Crippen LogP contribution in [0.3, 0.4) is 0 Å². The summed E-state index contributed by atoms with van der Waals surface area (Å²) in [7, 11) is 0. The lowest BCUT2D eigenvalue weighted by molar-refractivity contribution is 0.0527. The van der Waals surface area contributed by atoms with Crippen molar-refractivity contribution in [2.24, 2.45) is 0 Å². The average Bonchev–Trinajstić information content (AvgIpc) is 2.52. The highest BCUT2D eigenvalue weighted by molar-refractivity contribution is 14.1. The molecule has 0 saturated heterocycles. The van der Waals surface area contributed by atoms with Crippen LogP contribution in [0, 0.1) is 3.57 Å². The van der Waals surface area contributed by atoms with Gasteiger partial charge in [-0.1, -0.05) is 54.6 Å². The molecule has 0 aliphatic rings. The summed E-state index contributed by atoms with van der Waals surface area (Å²) in [6, 6.07) is 19.0. The zero-order valence-electron chi connectivity index (χ0n) is 12.2. The summed E-state index contributed by atoms with van der Waals surface area (Å²) >= 11 is 2.37. The van der Waals surface area contributed by atoms with Crippen molar-refractivity contribution in [1.29, 1.82) is 0 Å². The minimum Gasteiger partial charge on any atom is -0.373 e. The van der Waals surface area contributed by atoms with Crippen LogP contribution in [-0.4, -0.2) is 6.61 Å². The second-order valence-corrected chi connectivity index (χ2v) is 6.16. The largest absolute Gasteiger partial charge is 0.373 e. The minimum atomic E-state index is 0.117. The molecule has 0 aliphatic carbocycles. The van der Waals surface area contributed by atoms with E-state index < -0.39 is 0 Å². The van der Waals surface area contributed by atoms with E-state index in [9.17, 15) is 0 Å². The van der Waals surface area contributed by atoms with Crippen molar-refractivity contribution in [1.82, 2.24) is 0 Å². The number of hydrogen-bond donors (Lipinski definition) is 0. The Morgan fingerprint density at radius 1 is 1.05 bits per heavy atom. The van der Waals surface area contributed by atoms with E-state index >= 15 is 0 Å². The molecule has 1 nitrogen and oxygen atoms in total. The van der Waals surface area contributed by atoms with Gasteiger partial charge in [0.05, 0.1) is 6.10 Å². The Labute approximate surface area is 141 Å². The van der Waals surface area contributed by atoms with E-state index in [2.05, 4.69) is 83.8 Å². The predicted molar refractivity (Wildman–Crippen MR) is 97.4 cm³/mol. The first-order valence-corrected chi connectivity index (χ1v) is 8.40. The molecule has 110 valence electrons. The molecule has 0 radical (unpaired) electrons. The highest BCUT2D eigenvalue weighted by Crippen LogP contribution is 2.26. The van der Waals surface area contributed by atoms with Crippen LogP contribution in [-0.2, 0) is 11.2 Å². The summed E-state index contributed by atoms with van der Waals surface area (Å²) in [4.78, 5) is 0. The minimum absolute atomic E-state index is 0.117. The summed E-state index contributed by atoms with van der Waals surface area (Å²) in [5, 5.41) is 0. The number of benzene rings is 2. The maximum absolute atomic E-state index is 6.10. The van der Waals surface area contributed by atoms with Crippen molar-refractivity contribution in [3.8, 4) is 0 Å². The van der Waals surface area contributed by atoms with Gasteiger partial charge in [0.1, 0.15) is 0 Å². The molecule has 2 heteroatoms. The fourth-order valence-electron chi connectivity index (χ4n) is 2.32. The van der Waals surface area contributed by atoms with Gasteiger partial charge in [-0.25, -0.2) is 0 Å². The van der Waals surface area contributed by atoms with Crippen molar-refractivity contribution in [3.05, 3.63) is 81.9 Å². The summed E-state index contributed by atoms with van der Waals surface area (Å²) in [6.45, 7) is 4.63. The van der Waals surface area contributed by atoms with Crippen LogP contribution < -0.4 is 0 Å².